The minimum Gasteiger partial charge on any atom is -0.423 e. The van der Waals surface area contributed by atoms with E-state index in [2.05, 4.69) is 139 Å². The molecule has 0 aromatic heterocycles. The van der Waals surface area contributed by atoms with Crippen LogP contribution < -0.4 is 9.64 Å². The van der Waals surface area contributed by atoms with Gasteiger partial charge in [0, 0.05) is 23.1 Å². The van der Waals surface area contributed by atoms with Crippen LogP contribution in [0.2, 0.25) is 0 Å². The summed E-state index contributed by atoms with van der Waals surface area (Å²) in [6, 6.07) is 55.3. The van der Waals surface area contributed by atoms with E-state index in [1.165, 1.54) is 43.4 Å². The topological polar surface area (TPSA) is 29.5 Å². The third-order valence-corrected chi connectivity index (χ3v) is 8.68. The van der Waals surface area contributed by atoms with Gasteiger partial charge in [-0.2, -0.15) is 0 Å². The summed E-state index contributed by atoms with van der Waals surface area (Å²) in [7, 11) is 0. The molecule has 0 fully saturated rings. The predicted octanol–water partition coefficient (Wildman–Crippen LogP) is 11.5. The first-order valence-corrected chi connectivity index (χ1v) is 15.3. The lowest BCUT2D eigenvalue weighted by Crippen LogP contribution is -2.09. The molecule has 0 aliphatic heterocycles. The average Bonchev–Trinajstić information content (AvgIpc) is 3.12. The van der Waals surface area contributed by atoms with Crippen LogP contribution in [0, 0.1) is 0 Å². The number of hydrogen-bond acceptors (Lipinski definition) is 3. The van der Waals surface area contributed by atoms with Crippen molar-refractivity contribution in [2.45, 2.75) is 0 Å². The molecule has 0 amide bonds. The summed E-state index contributed by atoms with van der Waals surface area (Å²) in [5, 5.41) is 7.76. The SMILES string of the molecule is C=CC(=O)Oc1ccc(-c2ccc(N(c3ccccc3)c3ccc(-c4ccc5ccc6cccc7ccc4c5c67)cc3)cc2)cc1. The number of para-hydroxylation sites is 1. The largest absolute Gasteiger partial charge is 0.423 e. The van der Waals surface area contributed by atoms with Crippen LogP contribution in [-0.2, 0) is 4.79 Å². The third-order valence-electron chi connectivity index (χ3n) is 8.68. The minimum absolute atomic E-state index is 0.470. The van der Waals surface area contributed by atoms with Gasteiger partial charge in [-0.3, -0.25) is 0 Å². The van der Waals surface area contributed by atoms with Gasteiger partial charge in [-0.1, -0.05) is 116 Å². The Morgan fingerprint density at radius 2 is 1.02 bits per heavy atom. The van der Waals surface area contributed by atoms with E-state index in [1.807, 2.05) is 18.2 Å². The van der Waals surface area contributed by atoms with Gasteiger partial charge in [0.1, 0.15) is 5.75 Å². The van der Waals surface area contributed by atoms with E-state index in [-0.39, 0.29) is 0 Å². The van der Waals surface area contributed by atoms with Crippen molar-refractivity contribution in [1.82, 2.24) is 0 Å². The second-order valence-corrected chi connectivity index (χ2v) is 11.4. The highest BCUT2D eigenvalue weighted by atomic mass is 16.5. The molecule has 3 nitrogen and oxygen atoms in total. The number of esters is 1. The van der Waals surface area contributed by atoms with E-state index < -0.39 is 5.97 Å². The Hall–Kier alpha value is -6.19. The van der Waals surface area contributed by atoms with Crippen molar-refractivity contribution in [1.29, 1.82) is 0 Å². The van der Waals surface area contributed by atoms with Crippen molar-refractivity contribution >= 4 is 55.3 Å². The van der Waals surface area contributed by atoms with Crippen LogP contribution in [0.5, 0.6) is 5.75 Å². The lowest BCUT2D eigenvalue weighted by molar-refractivity contribution is -0.128. The maximum atomic E-state index is 11.5. The molecule has 0 aliphatic carbocycles. The molecule has 0 spiro atoms. The Morgan fingerprint density at radius 3 is 1.65 bits per heavy atom. The molecule has 46 heavy (non-hydrogen) atoms. The van der Waals surface area contributed by atoms with E-state index in [4.69, 9.17) is 4.74 Å². The van der Waals surface area contributed by atoms with E-state index in [0.717, 1.165) is 34.3 Å². The van der Waals surface area contributed by atoms with Crippen LogP contribution in [0.15, 0.2) is 170 Å². The van der Waals surface area contributed by atoms with Crippen molar-refractivity contribution in [2.75, 3.05) is 4.90 Å². The monoisotopic (exact) mass is 591 g/mol. The molecule has 3 heteroatoms. The summed E-state index contributed by atoms with van der Waals surface area (Å²) in [6.45, 7) is 3.45. The third kappa shape index (κ3) is 4.85. The molecule has 0 unspecified atom stereocenters. The summed E-state index contributed by atoms with van der Waals surface area (Å²) in [6.07, 6.45) is 1.16. The molecular weight excluding hydrogens is 562 g/mol. The van der Waals surface area contributed by atoms with Crippen molar-refractivity contribution in [2.24, 2.45) is 0 Å². The molecule has 0 saturated heterocycles. The van der Waals surface area contributed by atoms with Crippen LogP contribution in [-0.4, -0.2) is 5.97 Å². The fourth-order valence-corrected chi connectivity index (χ4v) is 6.48. The Bertz CT molecular complexity index is 2320. The maximum Gasteiger partial charge on any atom is 0.335 e. The molecule has 0 saturated carbocycles. The van der Waals surface area contributed by atoms with Crippen LogP contribution in [0.4, 0.5) is 17.1 Å². The van der Waals surface area contributed by atoms with Gasteiger partial charge in [-0.25, -0.2) is 4.79 Å². The molecule has 0 N–H and O–H groups in total. The van der Waals surface area contributed by atoms with Gasteiger partial charge in [0.15, 0.2) is 0 Å². The first-order valence-electron chi connectivity index (χ1n) is 15.3. The molecule has 218 valence electrons. The van der Waals surface area contributed by atoms with Gasteiger partial charge in [0.25, 0.3) is 0 Å². The number of hydrogen-bond donors (Lipinski definition) is 0. The van der Waals surface area contributed by atoms with Crippen molar-refractivity contribution in [3.63, 3.8) is 0 Å². The normalized spacial score (nSPS) is 11.2. The van der Waals surface area contributed by atoms with Gasteiger partial charge in [0.05, 0.1) is 0 Å². The Labute approximate surface area is 267 Å². The number of rotatable bonds is 7. The molecule has 8 aromatic rings. The van der Waals surface area contributed by atoms with Gasteiger partial charge < -0.3 is 9.64 Å². The quantitative estimate of drug-likeness (QED) is 0.0799. The lowest BCUT2D eigenvalue weighted by Gasteiger charge is -2.26. The molecule has 0 aliphatic rings. The zero-order valence-electron chi connectivity index (χ0n) is 25.1. The Balaban J connectivity index is 1.14. The van der Waals surface area contributed by atoms with Crippen molar-refractivity contribution in [3.05, 3.63) is 170 Å². The summed E-state index contributed by atoms with van der Waals surface area (Å²) < 4.78 is 5.22. The fourth-order valence-electron chi connectivity index (χ4n) is 6.48. The summed E-state index contributed by atoms with van der Waals surface area (Å²) in [5.74, 6) is 0.0214. The molecule has 0 atom stereocenters. The minimum atomic E-state index is -0.470. The molecule has 8 aromatic carbocycles. The number of anilines is 3. The average molecular weight is 592 g/mol. The molecule has 0 radical (unpaired) electrons. The number of benzene rings is 8. The summed E-state index contributed by atoms with van der Waals surface area (Å²) in [5.41, 5.74) is 7.75. The molecular formula is C43H29NO2. The number of carbonyl (C=O) groups is 1. The lowest BCUT2D eigenvalue weighted by atomic mass is 9.90. The van der Waals surface area contributed by atoms with E-state index >= 15 is 0 Å². The van der Waals surface area contributed by atoms with Crippen LogP contribution in [0.25, 0.3) is 54.6 Å². The molecule has 0 bridgehead atoms. The smallest absolute Gasteiger partial charge is 0.335 e. The number of carbonyl (C=O) groups excluding carboxylic acids is 1. The second-order valence-electron chi connectivity index (χ2n) is 11.4. The molecule has 8 rings (SSSR count). The Kier molecular flexibility index (Phi) is 6.77. The summed E-state index contributed by atoms with van der Waals surface area (Å²) >= 11 is 0. The number of nitrogens with zero attached hydrogens (tertiary/aromatic N) is 1. The highest BCUT2D eigenvalue weighted by Crippen LogP contribution is 2.41. The zero-order chi connectivity index (χ0) is 31.0. The van der Waals surface area contributed by atoms with Crippen molar-refractivity contribution in [3.8, 4) is 28.0 Å². The maximum absolute atomic E-state index is 11.5. The van der Waals surface area contributed by atoms with Gasteiger partial charge in [-0.15, -0.1) is 0 Å². The van der Waals surface area contributed by atoms with Gasteiger partial charge >= 0.3 is 5.97 Å². The zero-order valence-corrected chi connectivity index (χ0v) is 25.1. The van der Waals surface area contributed by atoms with Gasteiger partial charge in [-0.05, 0) is 103 Å². The molecule has 0 heterocycles. The Morgan fingerprint density at radius 1 is 0.500 bits per heavy atom. The summed E-state index contributed by atoms with van der Waals surface area (Å²) in [4.78, 5) is 13.8. The van der Waals surface area contributed by atoms with Crippen LogP contribution >= 0.6 is 0 Å². The predicted molar refractivity (Wildman–Crippen MR) is 192 cm³/mol. The standard InChI is InChI=1S/C43H29NO2/c1-2-41(45)46-38-25-17-30(18-26-38)29-13-21-36(22-14-29)44(35-9-4-3-5-10-35)37-23-15-31(16-24-37)39-27-19-34-12-11-32-7-6-8-33-20-28-40(39)43(34)42(32)33/h2-28H,1H2. The highest BCUT2D eigenvalue weighted by Gasteiger charge is 2.15. The number of ether oxygens (including phenoxy) is 1. The van der Waals surface area contributed by atoms with E-state index in [9.17, 15) is 4.79 Å². The highest BCUT2D eigenvalue weighted by molar-refractivity contribution is 6.25. The van der Waals surface area contributed by atoms with E-state index in [1.54, 1.807) is 12.1 Å². The first-order chi connectivity index (χ1) is 22.7. The van der Waals surface area contributed by atoms with Crippen LogP contribution in [0.3, 0.4) is 0 Å². The van der Waals surface area contributed by atoms with Crippen LogP contribution in [0.1, 0.15) is 0 Å². The van der Waals surface area contributed by atoms with E-state index in [0.29, 0.717) is 5.75 Å². The first kappa shape index (κ1) is 27.4. The van der Waals surface area contributed by atoms with Crippen molar-refractivity contribution < 1.29 is 9.53 Å². The second kappa shape index (κ2) is 11.4. The fraction of sp³-hybridized carbons (Fsp3) is 0. The van der Waals surface area contributed by atoms with Gasteiger partial charge in [0.2, 0.25) is 0 Å².